The molecule has 0 radical (unpaired) electrons. The minimum atomic E-state index is 0.257. The molecule has 31 heavy (non-hydrogen) atoms. The third kappa shape index (κ3) is 3.84. The van der Waals surface area contributed by atoms with Crippen molar-refractivity contribution in [2.24, 2.45) is 0 Å². The molecule has 0 atom stereocenters. The first-order valence-corrected chi connectivity index (χ1v) is 10.4. The quantitative estimate of drug-likeness (QED) is 0.335. The van der Waals surface area contributed by atoms with Crippen LogP contribution in [-0.2, 0) is 0 Å². The first-order chi connectivity index (χ1) is 15.3. The van der Waals surface area contributed by atoms with E-state index in [0.29, 0.717) is 0 Å². The van der Waals surface area contributed by atoms with Crippen LogP contribution in [0.25, 0.3) is 39.3 Å². The van der Waals surface area contributed by atoms with Gasteiger partial charge in [-0.25, -0.2) is 0 Å². The monoisotopic (exact) mass is 400 g/mol. The van der Waals surface area contributed by atoms with Gasteiger partial charge in [0.15, 0.2) is 0 Å². The van der Waals surface area contributed by atoms with Gasteiger partial charge in [-0.3, -0.25) is 0 Å². The number of rotatable bonds is 4. The van der Waals surface area contributed by atoms with Gasteiger partial charge in [0, 0.05) is 35.4 Å². The Kier molecular flexibility index (Phi) is 5.04. The lowest BCUT2D eigenvalue weighted by molar-refractivity contribution is -0.572. The number of aromatic nitrogens is 1. The van der Waals surface area contributed by atoms with E-state index in [1.165, 1.54) is 5.56 Å². The van der Waals surface area contributed by atoms with Crippen LogP contribution in [0.5, 0.6) is 5.75 Å². The van der Waals surface area contributed by atoms with Crippen molar-refractivity contribution in [2.45, 2.75) is 0 Å². The zero-order valence-electron chi connectivity index (χ0n) is 17.0. The fourth-order valence-corrected chi connectivity index (χ4v) is 3.91. The summed E-state index contributed by atoms with van der Waals surface area (Å²) in [4.78, 5) is 0. The van der Waals surface area contributed by atoms with E-state index in [1.54, 1.807) is 12.1 Å². The third-order valence-corrected chi connectivity index (χ3v) is 5.42. The number of nitrogens with zero attached hydrogens (tertiary/aromatic N) is 1. The molecule has 0 saturated heterocycles. The summed E-state index contributed by atoms with van der Waals surface area (Å²) >= 11 is 0. The summed E-state index contributed by atoms with van der Waals surface area (Å²) in [5.41, 5.74) is 7.77. The predicted octanol–water partition coefficient (Wildman–Crippen LogP) is 6.67. The summed E-state index contributed by atoms with van der Waals surface area (Å²) in [6, 6.07) is 43.2. The standard InChI is InChI=1S/C29H21NO/c31-27-18-16-26(17-19-27)30-28(23-12-6-2-7-13-23)20-25(22-10-4-1-5-11-22)21-29(30)24-14-8-3-9-15-24/h1-21H/p+1. The second-order valence-electron chi connectivity index (χ2n) is 7.46. The predicted molar refractivity (Wildman–Crippen MR) is 126 cm³/mol. The van der Waals surface area contributed by atoms with Crippen molar-refractivity contribution in [3.05, 3.63) is 127 Å². The van der Waals surface area contributed by atoms with E-state index in [2.05, 4.69) is 89.5 Å². The first kappa shape index (κ1) is 18.8. The third-order valence-electron chi connectivity index (χ3n) is 5.42. The maximum Gasteiger partial charge on any atom is 0.219 e. The molecule has 0 aliphatic rings. The van der Waals surface area contributed by atoms with E-state index in [0.717, 1.165) is 33.8 Å². The Morgan fingerprint density at radius 3 is 1.29 bits per heavy atom. The molecule has 0 amide bonds. The van der Waals surface area contributed by atoms with Crippen molar-refractivity contribution in [3.8, 4) is 45.1 Å². The summed E-state index contributed by atoms with van der Waals surface area (Å²) in [5, 5.41) is 9.86. The van der Waals surface area contributed by atoms with Gasteiger partial charge in [0.25, 0.3) is 0 Å². The number of phenolic OH excluding ortho intramolecular Hbond substituents is 1. The molecule has 0 spiro atoms. The van der Waals surface area contributed by atoms with E-state index in [1.807, 2.05) is 30.3 Å². The van der Waals surface area contributed by atoms with Crippen LogP contribution in [0.1, 0.15) is 0 Å². The summed E-state index contributed by atoms with van der Waals surface area (Å²) < 4.78 is 2.26. The molecule has 1 N–H and O–H groups in total. The molecule has 0 unspecified atom stereocenters. The van der Waals surface area contributed by atoms with Crippen LogP contribution in [0.15, 0.2) is 127 Å². The molecule has 0 saturated carbocycles. The van der Waals surface area contributed by atoms with Crippen molar-refractivity contribution < 1.29 is 9.67 Å². The topological polar surface area (TPSA) is 24.1 Å². The van der Waals surface area contributed by atoms with E-state index < -0.39 is 0 Å². The zero-order chi connectivity index (χ0) is 21.0. The Morgan fingerprint density at radius 1 is 0.419 bits per heavy atom. The fourth-order valence-electron chi connectivity index (χ4n) is 3.91. The molecule has 0 fully saturated rings. The normalized spacial score (nSPS) is 10.7. The summed E-state index contributed by atoms with van der Waals surface area (Å²) in [6.45, 7) is 0. The van der Waals surface area contributed by atoms with Gasteiger partial charge in [0.05, 0.1) is 0 Å². The van der Waals surface area contributed by atoms with Crippen molar-refractivity contribution in [1.82, 2.24) is 0 Å². The number of benzene rings is 4. The Labute approximate surface area is 182 Å². The van der Waals surface area contributed by atoms with Crippen LogP contribution in [-0.4, -0.2) is 5.11 Å². The average molecular weight is 401 g/mol. The molecule has 2 heteroatoms. The van der Waals surface area contributed by atoms with Gasteiger partial charge in [0.2, 0.25) is 17.1 Å². The molecule has 1 heterocycles. The molecule has 5 rings (SSSR count). The molecule has 0 bridgehead atoms. The van der Waals surface area contributed by atoms with Gasteiger partial charge < -0.3 is 5.11 Å². The lowest BCUT2D eigenvalue weighted by Crippen LogP contribution is -2.36. The molecule has 148 valence electrons. The minimum absolute atomic E-state index is 0.257. The highest BCUT2D eigenvalue weighted by Crippen LogP contribution is 2.30. The van der Waals surface area contributed by atoms with Gasteiger partial charge in [-0.1, -0.05) is 66.7 Å². The number of pyridine rings is 1. The van der Waals surface area contributed by atoms with Crippen LogP contribution in [0, 0.1) is 0 Å². The molecule has 1 aromatic heterocycles. The molecule has 0 aliphatic heterocycles. The van der Waals surface area contributed by atoms with Gasteiger partial charge in [-0.2, -0.15) is 4.57 Å². The molecular weight excluding hydrogens is 378 g/mol. The fraction of sp³-hybridized carbons (Fsp3) is 0. The van der Waals surface area contributed by atoms with Gasteiger partial charge in [0.1, 0.15) is 5.75 Å². The molecule has 0 aliphatic carbocycles. The van der Waals surface area contributed by atoms with Crippen LogP contribution in [0.2, 0.25) is 0 Å². The number of hydrogen-bond acceptors (Lipinski definition) is 1. The Balaban J connectivity index is 1.87. The van der Waals surface area contributed by atoms with Crippen LogP contribution in [0.4, 0.5) is 0 Å². The van der Waals surface area contributed by atoms with Gasteiger partial charge in [-0.15, -0.1) is 0 Å². The highest BCUT2D eigenvalue weighted by molar-refractivity contribution is 5.74. The summed E-state index contributed by atoms with van der Waals surface area (Å²) in [5.74, 6) is 0.257. The minimum Gasteiger partial charge on any atom is -0.508 e. The molecular formula is C29H22NO+. The van der Waals surface area contributed by atoms with Gasteiger partial charge in [-0.05, 0) is 47.5 Å². The average Bonchev–Trinajstić information content (AvgIpc) is 2.85. The summed E-state index contributed by atoms with van der Waals surface area (Å²) in [6.07, 6.45) is 0. The van der Waals surface area contributed by atoms with E-state index in [-0.39, 0.29) is 5.75 Å². The van der Waals surface area contributed by atoms with Crippen LogP contribution in [0.3, 0.4) is 0 Å². The van der Waals surface area contributed by atoms with Crippen LogP contribution < -0.4 is 4.57 Å². The lowest BCUT2D eigenvalue weighted by atomic mass is 9.98. The van der Waals surface area contributed by atoms with Crippen LogP contribution >= 0.6 is 0 Å². The Morgan fingerprint density at radius 2 is 0.839 bits per heavy atom. The number of phenols is 1. The Hall–Kier alpha value is -4.17. The highest BCUT2D eigenvalue weighted by Gasteiger charge is 2.24. The van der Waals surface area contributed by atoms with E-state index >= 15 is 0 Å². The van der Waals surface area contributed by atoms with E-state index in [9.17, 15) is 5.11 Å². The smallest absolute Gasteiger partial charge is 0.219 e. The molecule has 4 aromatic carbocycles. The van der Waals surface area contributed by atoms with Gasteiger partial charge >= 0.3 is 0 Å². The van der Waals surface area contributed by atoms with Crippen molar-refractivity contribution in [1.29, 1.82) is 0 Å². The second kappa shape index (κ2) is 8.29. The van der Waals surface area contributed by atoms with E-state index in [4.69, 9.17) is 0 Å². The SMILES string of the molecule is Oc1ccc(-[n+]2c(-c3ccccc3)cc(-c3ccccc3)cc2-c2ccccc2)cc1. The maximum atomic E-state index is 9.86. The molecule has 5 aromatic rings. The summed E-state index contributed by atoms with van der Waals surface area (Å²) in [7, 11) is 0. The maximum absolute atomic E-state index is 9.86. The van der Waals surface area contributed by atoms with Crippen molar-refractivity contribution in [3.63, 3.8) is 0 Å². The van der Waals surface area contributed by atoms with Crippen molar-refractivity contribution >= 4 is 0 Å². The van der Waals surface area contributed by atoms with Crippen molar-refractivity contribution in [2.75, 3.05) is 0 Å². The first-order valence-electron chi connectivity index (χ1n) is 10.4. The second-order valence-corrected chi connectivity index (χ2v) is 7.46. The largest absolute Gasteiger partial charge is 0.508 e. The Bertz CT molecular complexity index is 1240. The zero-order valence-corrected chi connectivity index (χ0v) is 17.0. The lowest BCUT2D eigenvalue weighted by Gasteiger charge is -2.12. The molecule has 2 nitrogen and oxygen atoms in total. The number of aromatic hydroxyl groups is 1. The highest BCUT2D eigenvalue weighted by atomic mass is 16.3. The number of hydrogen-bond donors (Lipinski definition) is 1.